The van der Waals surface area contributed by atoms with Crippen molar-refractivity contribution in [2.45, 2.75) is 36.8 Å². The van der Waals surface area contributed by atoms with E-state index in [1.54, 1.807) is 17.0 Å². The quantitative estimate of drug-likeness (QED) is 0.782. The van der Waals surface area contributed by atoms with Gasteiger partial charge in [0.15, 0.2) is 0 Å². The summed E-state index contributed by atoms with van der Waals surface area (Å²) in [6.45, 7) is 3.85. The minimum atomic E-state index is -0.275. The van der Waals surface area contributed by atoms with Crippen molar-refractivity contribution in [3.63, 3.8) is 0 Å². The number of thioether (sulfide) groups is 1. The van der Waals surface area contributed by atoms with Crippen molar-refractivity contribution < 1.29 is 18.7 Å². The van der Waals surface area contributed by atoms with Gasteiger partial charge in [-0.25, -0.2) is 9.18 Å². The second kappa shape index (κ2) is 7.42. The van der Waals surface area contributed by atoms with Crippen LogP contribution >= 0.6 is 11.8 Å². The maximum Gasteiger partial charge on any atom is 0.410 e. The number of amides is 2. The van der Waals surface area contributed by atoms with Crippen LogP contribution in [0.3, 0.4) is 0 Å². The summed E-state index contributed by atoms with van der Waals surface area (Å²) in [6, 6.07) is 6.32. The molecule has 0 spiro atoms. The summed E-state index contributed by atoms with van der Waals surface area (Å²) in [7, 11) is 0. The Morgan fingerprint density at radius 1 is 1.29 bits per heavy atom. The molecule has 2 aliphatic rings. The van der Waals surface area contributed by atoms with E-state index >= 15 is 0 Å². The summed E-state index contributed by atoms with van der Waals surface area (Å²) >= 11 is 1.42. The van der Waals surface area contributed by atoms with Crippen molar-refractivity contribution in [3.8, 4) is 0 Å². The van der Waals surface area contributed by atoms with Crippen LogP contribution in [0.15, 0.2) is 29.2 Å². The Morgan fingerprint density at radius 2 is 1.96 bits per heavy atom. The number of piperidine rings is 1. The number of carbonyl (C=O) groups is 2. The van der Waals surface area contributed by atoms with Crippen molar-refractivity contribution in [2.24, 2.45) is 0 Å². The zero-order valence-corrected chi connectivity index (χ0v) is 14.4. The molecular formula is C17H21FN2O3S. The Morgan fingerprint density at radius 3 is 2.54 bits per heavy atom. The molecule has 0 saturated carbocycles. The highest BCUT2D eigenvalue weighted by atomic mass is 32.2. The lowest BCUT2D eigenvalue weighted by molar-refractivity contribution is -0.129. The second-order valence-corrected chi connectivity index (χ2v) is 7.25. The van der Waals surface area contributed by atoms with Crippen LogP contribution in [0.25, 0.3) is 0 Å². The molecule has 0 aromatic heterocycles. The molecule has 0 bridgehead atoms. The number of cyclic esters (lactones) is 1. The Bertz CT molecular complexity index is 602. The predicted molar refractivity (Wildman–Crippen MR) is 89.4 cm³/mol. The molecule has 1 atom stereocenters. The maximum absolute atomic E-state index is 12.9. The van der Waals surface area contributed by atoms with Gasteiger partial charge in [0, 0.05) is 24.0 Å². The summed E-state index contributed by atoms with van der Waals surface area (Å²) in [5.41, 5.74) is 0. The number of likely N-dealkylation sites (tertiary alicyclic amines) is 1. The predicted octanol–water partition coefficient (Wildman–Crippen LogP) is 2.75. The van der Waals surface area contributed by atoms with E-state index in [2.05, 4.69) is 0 Å². The Kier molecular flexibility index (Phi) is 5.28. The fourth-order valence-electron chi connectivity index (χ4n) is 3.12. The van der Waals surface area contributed by atoms with Crippen molar-refractivity contribution in [1.82, 2.24) is 9.80 Å². The number of hydrogen-bond donors (Lipinski definition) is 0. The standard InChI is InChI=1S/C17H21FN2O3S/c1-12-10-20(17(22)23-12)14-6-8-19(9-7-14)16(21)11-24-15-4-2-13(18)3-5-15/h2-5,12,14H,6-11H2,1H3. The summed E-state index contributed by atoms with van der Waals surface area (Å²) in [6.07, 6.45) is 1.28. The van der Waals surface area contributed by atoms with Crippen LogP contribution in [0.4, 0.5) is 9.18 Å². The number of benzene rings is 1. The molecule has 2 fully saturated rings. The van der Waals surface area contributed by atoms with E-state index in [-0.39, 0.29) is 30.0 Å². The Labute approximate surface area is 145 Å². The lowest BCUT2D eigenvalue weighted by atomic mass is 10.0. The Balaban J connectivity index is 1.45. The molecule has 1 unspecified atom stereocenters. The molecule has 3 rings (SSSR count). The number of hydrogen-bond acceptors (Lipinski definition) is 4. The molecule has 7 heteroatoms. The third-order valence-electron chi connectivity index (χ3n) is 4.42. The van der Waals surface area contributed by atoms with Gasteiger partial charge in [-0.2, -0.15) is 0 Å². The van der Waals surface area contributed by atoms with E-state index in [4.69, 9.17) is 4.74 Å². The second-order valence-electron chi connectivity index (χ2n) is 6.20. The molecule has 1 aromatic rings. The SMILES string of the molecule is CC1CN(C2CCN(C(=O)CSc3ccc(F)cc3)CC2)C(=O)O1. The van der Waals surface area contributed by atoms with Gasteiger partial charge < -0.3 is 14.5 Å². The van der Waals surface area contributed by atoms with Gasteiger partial charge in [-0.1, -0.05) is 0 Å². The molecule has 2 aliphatic heterocycles. The summed E-state index contributed by atoms with van der Waals surface area (Å²) in [5.74, 6) is 0.154. The first-order chi connectivity index (χ1) is 11.5. The van der Waals surface area contributed by atoms with Crippen LogP contribution in [-0.2, 0) is 9.53 Å². The Hall–Kier alpha value is -1.76. The molecular weight excluding hydrogens is 331 g/mol. The van der Waals surface area contributed by atoms with Crippen LogP contribution < -0.4 is 0 Å². The van der Waals surface area contributed by atoms with Crippen molar-refractivity contribution >= 4 is 23.8 Å². The smallest absolute Gasteiger partial charge is 0.410 e. The highest BCUT2D eigenvalue weighted by Gasteiger charge is 2.36. The lowest BCUT2D eigenvalue weighted by Gasteiger charge is -2.35. The van der Waals surface area contributed by atoms with Crippen LogP contribution in [0, 0.1) is 5.82 Å². The molecule has 2 saturated heterocycles. The molecule has 0 aliphatic carbocycles. The number of rotatable bonds is 4. The molecule has 2 amide bonds. The van der Waals surface area contributed by atoms with E-state index in [0.29, 0.717) is 25.4 Å². The van der Waals surface area contributed by atoms with Gasteiger partial charge in [-0.05, 0) is 44.0 Å². The minimum Gasteiger partial charge on any atom is -0.444 e. The van der Waals surface area contributed by atoms with Gasteiger partial charge in [-0.15, -0.1) is 11.8 Å². The van der Waals surface area contributed by atoms with Crippen molar-refractivity contribution in [2.75, 3.05) is 25.4 Å². The van der Waals surface area contributed by atoms with Crippen molar-refractivity contribution in [1.29, 1.82) is 0 Å². The van der Waals surface area contributed by atoms with Gasteiger partial charge >= 0.3 is 6.09 Å². The van der Waals surface area contributed by atoms with Crippen LogP contribution in [0.2, 0.25) is 0 Å². The van der Waals surface area contributed by atoms with E-state index in [0.717, 1.165) is 17.7 Å². The first kappa shape index (κ1) is 17.1. The molecule has 24 heavy (non-hydrogen) atoms. The van der Waals surface area contributed by atoms with Gasteiger partial charge in [0.1, 0.15) is 11.9 Å². The highest BCUT2D eigenvalue weighted by molar-refractivity contribution is 8.00. The minimum absolute atomic E-state index is 0.0516. The first-order valence-electron chi connectivity index (χ1n) is 8.16. The number of halogens is 1. The molecule has 0 N–H and O–H groups in total. The zero-order chi connectivity index (χ0) is 17.1. The maximum atomic E-state index is 12.9. The first-order valence-corrected chi connectivity index (χ1v) is 9.15. The monoisotopic (exact) mass is 352 g/mol. The van der Waals surface area contributed by atoms with Gasteiger partial charge in [0.2, 0.25) is 5.91 Å². The van der Waals surface area contributed by atoms with Gasteiger partial charge in [0.25, 0.3) is 0 Å². The number of nitrogens with zero attached hydrogens (tertiary/aromatic N) is 2. The third-order valence-corrected chi connectivity index (χ3v) is 5.42. The molecule has 5 nitrogen and oxygen atoms in total. The topological polar surface area (TPSA) is 49.9 Å². The molecule has 130 valence electrons. The fraction of sp³-hybridized carbons (Fsp3) is 0.529. The van der Waals surface area contributed by atoms with Crippen LogP contribution in [-0.4, -0.2) is 59.3 Å². The van der Waals surface area contributed by atoms with E-state index in [1.165, 1.54) is 23.9 Å². The molecule has 1 aromatic carbocycles. The normalized spacial score (nSPS) is 21.9. The van der Waals surface area contributed by atoms with Crippen LogP contribution in [0.5, 0.6) is 0 Å². The highest BCUT2D eigenvalue weighted by Crippen LogP contribution is 2.24. The van der Waals surface area contributed by atoms with E-state index < -0.39 is 0 Å². The fourth-order valence-corrected chi connectivity index (χ4v) is 3.92. The van der Waals surface area contributed by atoms with E-state index in [1.807, 2.05) is 11.8 Å². The summed E-state index contributed by atoms with van der Waals surface area (Å²) < 4.78 is 18.0. The zero-order valence-electron chi connectivity index (χ0n) is 13.6. The third kappa shape index (κ3) is 4.01. The number of ether oxygens (including phenoxy) is 1. The average molecular weight is 352 g/mol. The van der Waals surface area contributed by atoms with Crippen molar-refractivity contribution in [3.05, 3.63) is 30.1 Å². The van der Waals surface area contributed by atoms with Crippen LogP contribution in [0.1, 0.15) is 19.8 Å². The van der Waals surface area contributed by atoms with E-state index in [9.17, 15) is 14.0 Å². The summed E-state index contributed by atoms with van der Waals surface area (Å²) in [5, 5.41) is 0. The summed E-state index contributed by atoms with van der Waals surface area (Å²) in [4.78, 5) is 28.6. The lowest BCUT2D eigenvalue weighted by Crippen LogP contribution is -2.47. The average Bonchev–Trinajstić information content (AvgIpc) is 2.92. The molecule has 0 radical (unpaired) electrons. The number of carbonyl (C=O) groups excluding carboxylic acids is 2. The van der Waals surface area contributed by atoms with Gasteiger partial charge in [0.05, 0.1) is 12.3 Å². The largest absolute Gasteiger partial charge is 0.444 e. The molecule has 2 heterocycles. The van der Waals surface area contributed by atoms with Gasteiger partial charge in [-0.3, -0.25) is 4.79 Å².